The summed E-state index contributed by atoms with van der Waals surface area (Å²) < 4.78 is 25.9. The van der Waals surface area contributed by atoms with Crippen LogP contribution in [0.3, 0.4) is 0 Å². The molecule has 0 atom stereocenters. The minimum Gasteiger partial charge on any atom is -0.456 e. The molecule has 7 nitrogen and oxygen atoms in total. The lowest BCUT2D eigenvalue weighted by Crippen LogP contribution is -2.29. The van der Waals surface area contributed by atoms with E-state index in [-0.39, 0.29) is 0 Å². The summed E-state index contributed by atoms with van der Waals surface area (Å²) in [5.74, 6) is 0. The second-order valence-electron chi connectivity index (χ2n) is 10.9. The first-order valence-electron chi connectivity index (χ1n) is 15.4. The Hall–Kier alpha value is -5.15. The Kier molecular flexibility index (Phi) is 10.4. The molecule has 8 aromatic rings. The lowest BCUT2D eigenvalue weighted by Gasteiger charge is -2.01. The summed E-state index contributed by atoms with van der Waals surface area (Å²) in [6.45, 7) is 0. The van der Waals surface area contributed by atoms with Gasteiger partial charge in [-0.15, -0.1) is 0 Å². The lowest BCUT2D eigenvalue weighted by atomic mass is 9.79. The molecule has 0 unspecified atom stereocenters. The third-order valence-corrected chi connectivity index (χ3v) is 7.98. The lowest BCUT2D eigenvalue weighted by molar-refractivity contribution is 0.163. The molecular formula is C39H34B2O7. The van der Waals surface area contributed by atoms with E-state index in [9.17, 15) is 10.0 Å². The summed E-state index contributed by atoms with van der Waals surface area (Å²) in [6.07, 6.45) is 0. The zero-order valence-electron chi connectivity index (χ0n) is 26.9. The van der Waals surface area contributed by atoms with Crippen LogP contribution in [0.15, 0.2) is 148 Å². The molecule has 8 rings (SSSR count). The monoisotopic (exact) mass is 636 g/mol. The number of fused-ring (bicyclic) bond motifs is 6. The van der Waals surface area contributed by atoms with Crippen LogP contribution in [0.5, 0.6) is 0 Å². The van der Waals surface area contributed by atoms with Crippen molar-refractivity contribution in [3.63, 3.8) is 0 Å². The summed E-state index contributed by atoms with van der Waals surface area (Å²) in [6, 6.07) is 46.3. The maximum absolute atomic E-state index is 9.53. The number of benzene rings is 6. The third-order valence-electron chi connectivity index (χ3n) is 7.98. The fraction of sp³-hybridized carbons (Fsp3) is 0.0769. The summed E-state index contributed by atoms with van der Waals surface area (Å²) in [5, 5.41) is 23.3. The SMILES string of the molecule is COB(OC)OC.OB(O)c1cccc2c1oc1c(-c3ccccc3)cccc12.c1ccc(-c2cccc3c2oc2ccccc23)cc1. The van der Waals surface area contributed by atoms with E-state index in [1.54, 1.807) is 12.1 Å². The van der Waals surface area contributed by atoms with Gasteiger partial charge in [-0.2, -0.15) is 0 Å². The minimum atomic E-state index is -1.55. The van der Waals surface area contributed by atoms with Crippen molar-refractivity contribution in [2.75, 3.05) is 21.3 Å². The average molecular weight is 636 g/mol. The van der Waals surface area contributed by atoms with Gasteiger partial charge in [0.05, 0.1) is 0 Å². The molecule has 6 aromatic carbocycles. The van der Waals surface area contributed by atoms with Gasteiger partial charge in [-0.25, -0.2) is 0 Å². The van der Waals surface area contributed by atoms with Crippen LogP contribution in [0.1, 0.15) is 0 Å². The number of rotatable bonds is 6. The molecule has 0 bridgehead atoms. The first-order valence-corrected chi connectivity index (χ1v) is 15.4. The Morgan fingerprint density at radius 2 is 0.875 bits per heavy atom. The highest BCUT2D eigenvalue weighted by Gasteiger charge is 2.20. The topological polar surface area (TPSA) is 94.4 Å². The molecule has 48 heavy (non-hydrogen) atoms. The highest BCUT2D eigenvalue weighted by molar-refractivity contribution is 6.61. The van der Waals surface area contributed by atoms with Crippen molar-refractivity contribution in [3.8, 4) is 22.3 Å². The van der Waals surface area contributed by atoms with Crippen LogP contribution >= 0.6 is 0 Å². The summed E-state index contributed by atoms with van der Waals surface area (Å²) in [7, 11) is 2.47. The van der Waals surface area contributed by atoms with Gasteiger partial charge in [0, 0.05) is 59.5 Å². The Labute approximate surface area is 279 Å². The van der Waals surface area contributed by atoms with Gasteiger partial charge in [-0.1, -0.05) is 133 Å². The molecule has 0 fully saturated rings. The van der Waals surface area contributed by atoms with Crippen LogP contribution in [0.2, 0.25) is 0 Å². The van der Waals surface area contributed by atoms with E-state index in [2.05, 4.69) is 62.5 Å². The Morgan fingerprint density at radius 3 is 1.40 bits per heavy atom. The molecule has 0 aliphatic heterocycles. The van der Waals surface area contributed by atoms with E-state index in [0.29, 0.717) is 11.0 Å². The smallest absolute Gasteiger partial charge is 0.456 e. The van der Waals surface area contributed by atoms with Crippen LogP contribution < -0.4 is 5.46 Å². The van der Waals surface area contributed by atoms with Crippen molar-refractivity contribution in [1.82, 2.24) is 0 Å². The van der Waals surface area contributed by atoms with Gasteiger partial charge in [0.2, 0.25) is 0 Å². The van der Waals surface area contributed by atoms with Crippen molar-refractivity contribution in [2.45, 2.75) is 0 Å². The van der Waals surface area contributed by atoms with Crippen LogP contribution in [-0.2, 0) is 14.0 Å². The Balaban J connectivity index is 0.000000141. The summed E-state index contributed by atoms with van der Waals surface area (Å²) >= 11 is 0. The highest BCUT2D eigenvalue weighted by Crippen LogP contribution is 2.36. The Morgan fingerprint density at radius 1 is 0.438 bits per heavy atom. The van der Waals surface area contributed by atoms with Crippen LogP contribution in [-0.4, -0.2) is 45.8 Å². The highest BCUT2D eigenvalue weighted by atomic mass is 16.7. The number of furan rings is 2. The maximum atomic E-state index is 9.53. The first kappa shape index (κ1) is 32.8. The molecule has 2 aromatic heterocycles. The van der Waals surface area contributed by atoms with Gasteiger partial charge in [0.15, 0.2) is 0 Å². The van der Waals surface area contributed by atoms with Gasteiger partial charge < -0.3 is 32.8 Å². The second kappa shape index (κ2) is 15.2. The van der Waals surface area contributed by atoms with E-state index in [4.69, 9.17) is 8.83 Å². The zero-order chi connectivity index (χ0) is 33.5. The molecule has 0 aliphatic rings. The van der Waals surface area contributed by atoms with Gasteiger partial charge in [0.1, 0.15) is 22.3 Å². The first-order chi connectivity index (χ1) is 23.5. The zero-order valence-corrected chi connectivity index (χ0v) is 26.9. The summed E-state index contributed by atoms with van der Waals surface area (Å²) in [4.78, 5) is 0. The number of hydrogen-bond acceptors (Lipinski definition) is 7. The van der Waals surface area contributed by atoms with Gasteiger partial charge >= 0.3 is 14.4 Å². The van der Waals surface area contributed by atoms with Gasteiger partial charge in [-0.05, 0) is 17.2 Å². The standard InChI is InChI=1S/C18H13BO3.C18H12O.C3H9BO3/c20-19(21)16-11-5-10-15-14-9-4-8-13(17(14)22-18(15)16)12-6-2-1-3-7-12;1-2-7-13(8-3-1)14-10-6-11-16-15-9-4-5-12-17(15)19-18(14)16;1-5-4(6-2)7-3/h1-11,20-21H;1-12H;1-3H3. The molecule has 2 heterocycles. The van der Waals surface area contributed by atoms with Crippen LogP contribution in [0, 0.1) is 0 Å². The molecule has 0 radical (unpaired) electrons. The molecule has 2 N–H and O–H groups in total. The van der Waals surface area contributed by atoms with Gasteiger partial charge in [-0.3, -0.25) is 0 Å². The van der Waals surface area contributed by atoms with Crippen molar-refractivity contribution in [2.24, 2.45) is 0 Å². The van der Waals surface area contributed by atoms with E-state index in [1.165, 1.54) is 37.7 Å². The Bertz CT molecular complexity index is 2240. The van der Waals surface area contributed by atoms with E-state index < -0.39 is 14.4 Å². The van der Waals surface area contributed by atoms with Crippen molar-refractivity contribution in [3.05, 3.63) is 140 Å². The van der Waals surface area contributed by atoms with Crippen molar-refractivity contribution < 1.29 is 32.8 Å². The molecule has 9 heteroatoms. The molecular weight excluding hydrogens is 602 g/mol. The third kappa shape index (κ3) is 6.78. The predicted octanol–water partition coefficient (Wildman–Crippen LogP) is 8.10. The summed E-state index contributed by atoms with van der Waals surface area (Å²) in [5.41, 5.74) is 7.98. The molecule has 0 saturated carbocycles. The van der Waals surface area contributed by atoms with E-state index in [0.717, 1.165) is 44.2 Å². The quantitative estimate of drug-likeness (QED) is 0.178. The van der Waals surface area contributed by atoms with E-state index in [1.807, 2.05) is 78.9 Å². The van der Waals surface area contributed by atoms with Crippen LogP contribution in [0.25, 0.3) is 66.1 Å². The number of hydrogen-bond donors (Lipinski definition) is 2. The second-order valence-corrected chi connectivity index (χ2v) is 10.9. The minimum absolute atomic E-state index is 0.382. The average Bonchev–Trinajstić information content (AvgIpc) is 3.72. The fourth-order valence-corrected chi connectivity index (χ4v) is 5.77. The maximum Gasteiger partial charge on any atom is 0.638 e. The molecule has 0 saturated heterocycles. The van der Waals surface area contributed by atoms with Crippen molar-refractivity contribution >= 4 is 63.8 Å². The molecule has 238 valence electrons. The molecule has 0 aliphatic carbocycles. The normalized spacial score (nSPS) is 10.9. The van der Waals surface area contributed by atoms with Gasteiger partial charge in [0.25, 0.3) is 0 Å². The largest absolute Gasteiger partial charge is 0.638 e. The van der Waals surface area contributed by atoms with E-state index >= 15 is 0 Å². The molecule has 0 amide bonds. The van der Waals surface area contributed by atoms with Crippen molar-refractivity contribution in [1.29, 1.82) is 0 Å². The fourth-order valence-electron chi connectivity index (χ4n) is 5.77. The predicted molar refractivity (Wildman–Crippen MR) is 195 cm³/mol. The van der Waals surface area contributed by atoms with Crippen LogP contribution in [0.4, 0.5) is 0 Å². The molecule has 0 spiro atoms. The number of para-hydroxylation sites is 4.